The fraction of sp³-hybridized carbons (Fsp3) is 0.351. The van der Waals surface area contributed by atoms with E-state index in [4.69, 9.17) is 14.2 Å². The first-order chi connectivity index (χ1) is 23.0. The molecule has 4 aromatic rings. The van der Waals surface area contributed by atoms with Crippen LogP contribution in [0.15, 0.2) is 77.6 Å². The number of rotatable bonds is 4. The van der Waals surface area contributed by atoms with E-state index < -0.39 is 12.1 Å². The van der Waals surface area contributed by atoms with E-state index in [-0.39, 0.29) is 54.5 Å². The molecule has 1 saturated heterocycles. The summed E-state index contributed by atoms with van der Waals surface area (Å²) in [5.74, 6) is 0.634. The molecule has 2 atom stereocenters. The maximum absolute atomic E-state index is 13.8. The molecule has 0 spiro atoms. The largest absolute Gasteiger partial charge is 0.493 e. The third kappa shape index (κ3) is 7.21. The number of piperidine rings is 1. The Labute approximate surface area is 279 Å². The quantitative estimate of drug-likeness (QED) is 0.348. The topological polar surface area (TPSA) is 119 Å². The fourth-order valence-corrected chi connectivity index (χ4v) is 6.08. The first kappa shape index (κ1) is 32.8. The molecule has 0 unspecified atom stereocenters. The molecule has 0 aliphatic carbocycles. The monoisotopic (exact) mass is 652 g/mol. The number of aromatic nitrogens is 1. The first-order valence-corrected chi connectivity index (χ1v) is 16.1. The van der Waals surface area contributed by atoms with Crippen LogP contribution in [0.25, 0.3) is 10.9 Å². The minimum Gasteiger partial charge on any atom is -0.493 e. The Morgan fingerprint density at radius 1 is 0.979 bits per heavy atom. The molecule has 3 heterocycles. The summed E-state index contributed by atoms with van der Waals surface area (Å²) in [5.41, 5.74) is 1.60. The van der Waals surface area contributed by atoms with Crippen LogP contribution in [0.2, 0.25) is 0 Å². The molecule has 1 aromatic heterocycles. The molecule has 48 heavy (non-hydrogen) atoms. The third-order valence-corrected chi connectivity index (χ3v) is 8.59. The molecule has 0 radical (unpaired) electrons. The van der Waals surface area contributed by atoms with Gasteiger partial charge in [0.2, 0.25) is 5.91 Å². The summed E-state index contributed by atoms with van der Waals surface area (Å²) in [4.78, 5) is 56.8. The van der Waals surface area contributed by atoms with Crippen LogP contribution in [0, 0.1) is 5.92 Å². The zero-order chi connectivity index (χ0) is 33.9. The maximum Gasteiger partial charge on any atom is 0.263 e. The predicted molar refractivity (Wildman–Crippen MR) is 180 cm³/mol. The van der Waals surface area contributed by atoms with Gasteiger partial charge in [-0.3, -0.25) is 19.2 Å². The zero-order valence-corrected chi connectivity index (χ0v) is 27.6. The SMILES string of the molecule is CC(C)COc1cc2cc(c1)C(=O)N(C)CC(=O)N[C@H]1CCN(C(=O)c3cc4ccccc4n(C)c3=O)C[C@@H]1OCc1cccc(c1)O2. The van der Waals surface area contributed by atoms with Crippen molar-refractivity contribution >= 4 is 28.6 Å². The number of likely N-dealkylation sites (tertiary alicyclic amines) is 1. The van der Waals surface area contributed by atoms with Crippen LogP contribution in [0.1, 0.15) is 46.5 Å². The van der Waals surface area contributed by atoms with E-state index in [0.717, 1.165) is 16.5 Å². The van der Waals surface area contributed by atoms with Crippen molar-refractivity contribution in [3.63, 3.8) is 0 Å². The van der Waals surface area contributed by atoms with E-state index in [1.165, 1.54) is 9.47 Å². The maximum atomic E-state index is 13.8. The van der Waals surface area contributed by atoms with Crippen LogP contribution >= 0.6 is 0 Å². The average Bonchev–Trinajstić information content (AvgIpc) is 3.07. The van der Waals surface area contributed by atoms with E-state index in [0.29, 0.717) is 42.4 Å². The molecule has 4 bridgehead atoms. The van der Waals surface area contributed by atoms with Gasteiger partial charge < -0.3 is 33.9 Å². The molecule has 2 aliphatic rings. The minimum atomic E-state index is -0.581. The van der Waals surface area contributed by atoms with Crippen LogP contribution in [0.3, 0.4) is 0 Å². The molecule has 3 amide bonds. The number of hydrogen-bond acceptors (Lipinski definition) is 7. The Balaban J connectivity index is 1.28. The van der Waals surface area contributed by atoms with Gasteiger partial charge in [-0.15, -0.1) is 0 Å². The molecule has 250 valence electrons. The molecule has 0 saturated carbocycles. The summed E-state index contributed by atoms with van der Waals surface area (Å²) in [6, 6.07) is 21.1. The second kappa shape index (κ2) is 13.9. The Morgan fingerprint density at radius 2 is 1.79 bits per heavy atom. The van der Waals surface area contributed by atoms with Crippen molar-refractivity contribution < 1.29 is 28.6 Å². The van der Waals surface area contributed by atoms with Crippen molar-refractivity contribution in [3.05, 3.63) is 99.8 Å². The molecule has 11 heteroatoms. The number of likely N-dealkylation sites (N-methyl/N-ethyl adjacent to an activating group) is 1. The molecule has 1 N–H and O–H groups in total. The molecular weight excluding hydrogens is 612 g/mol. The Kier molecular flexibility index (Phi) is 9.49. The summed E-state index contributed by atoms with van der Waals surface area (Å²) < 4.78 is 20.0. The van der Waals surface area contributed by atoms with Crippen LogP contribution in [0.5, 0.6) is 17.2 Å². The molecule has 3 aromatic carbocycles. The normalized spacial score (nSPS) is 18.7. The predicted octanol–water partition coefficient (Wildman–Crippen LogP) is 4.37. The number of amides is 3. The summed E-state index contributed by atoms with van der Waals surface area (Å²) in [7, 11) is 3.22. The van der Waals surface area contributed by atoms with Gasteiger partial charge in [0.15, 0.2) is 0 Å². The van der Waals surface area contributed by atoms with Crippen molar-refractivity contribution in [2.75, 3.05) is 33.3 Å². The van der Waals surface area contributed by atoms with E-state index in [9.17, 15) is 19.2 Å². The lowest BCUT2D eigenvalue weighted by Gasteiger charge is -2.39. The summed E-state index contributed by atoms with van der Waals surface area (Å²) in [6.07, 6.45) is -0.182. The second-order valence-electron chi connectivity index (χ2n) is 12.9. The number of hydrogen-bond donors (Lipinski definition) is 1. The molecular formula is C37H40N4O7. The van der Waals surface area contributed by atoms with Crippen LogP contribution < -0.4 is 20.3 Å². The highest BCUT2D eigenvalue weighted by Crippen LogP contribution is 2.30. The van der Waals surface area contributed by atoms with Gasteiger partial charge in [-0.1, -0.05) is 44.2 Å². The smallest absolute Gasteiger partial charge is 0.263 e. The summed E-state index contributed by atoms with van der Waals surface area (Å²) in [6.45, 7) is 5.01. The van der Waals surface area contributed by atoms with Gasteiger partial charge in [0.25, 0.3) is 17.4 Å². The summed E-state index contributed by atoms with van der Waals surface area (Å²) >= 11 is 0. The van der Waals surface area contributed by atoms with Crippen molar-refractivity contribution in [2.24, 2.45) is 13.0 Å². The van der Waals surface area contributed by atoms with E-state index in [1.54, 1.807) is 43.3 Å². The van der Waals surface area contributed by atoms with Crippen LogP contribution in [-0.4, -0.2) is 77.5 Å². The number of carbonyl (C=O) groups excluding carboxylic acids is 3. The van der Waals surface area contributed by atoms with Gasteiger partial charge >= 0.3 is 0 Å². The lowest BCUT2D eigenvalue weighted by atomic mass is 10.00. The van der Waals surface area contributed by atoms with Gasteiger partial charge in [0.1, 0.15) is 22.8 Å². The zero-order valence-electron chi connectivity index (χ0n) is 27.6. The number of ether oxygens (including phenoxy) is 3. The molecule has 1 fully saturated rings. The number of fused-ring (bicyclic) bond motifs is 6. The number of para-hydroxylation sites is 1. The number of pyridine rings is 1. The Hall–Kier alpha value is -5.16. The van der Waals surface area contributed by atoms with Gasteiger partial charge in [-0.2, -0.15) is 0 Å². The highest BCUT2D eigenvalue weighted by Gasteiger charge is 2.35. The first-order valence-electron chi connectivity index (χ1n) is 16.1. The number of nitrogens with one attached hydrogen (secondary N) is 1. The number of carbonyl (C=O) groups is 3. The van der Waals surface area contributed by atoms with Gasteiger partial charge in [-0.05, 0) is 59.7 Å². The molecule has 2 aliphatic heterocycles. The summed E-state index contributed by atoms with van der Waals surface area (Å²) in [5, 5.41) is 3.83. The average molecular weight is 653 g/mol. The van der Waals surface area contributed by atoms with Gasteiger partial charge in [0.05, 0.1) is 37.4 Å². The highest BCUT2D eigenvalue weighted by atomic mass is 16.5. The number of nitrogens with zero attached hydrogens (tertiary/aromatic N) is 3. The Bertz CT molecular complexity index is 1920. The van der Waals surface area contributed by atoms with E-state index in [1.807, 2.05) is 62.4 Å². The molecule has 6 rings (SSSR count). The van der Waals surface area contributed by atoms with Gasteiger partial charge in [-0.25, -0.2) is 0 Å². The third-order valence-electron chi connectivity index (χ3n) is 8.59. The van der Waals surface area contributed by atoms with Crippen LogP contribution in [-0.2, 0) is 23.2 Å². The van der Waals surface area contributed by atoms with E-state index in [2.05, 4.69) is 5.32 Å². The van der Waals surface area contributed by atoms with Crippen LogP contribution in [0.4, 0.5) is 0 Å². The van der Waals surface area contributed by atoms with Gasteiger partial charge in [0, 0.05) is 38.8 Å². The second-order valence-corrected chi connectivity index (χ2v) is 12.9. The van der Waals surface area contributed by atoms with Crippen molar-refractivity contribution in [3.8, 4) is 17.2 Å². The van der Waals surface area contributed by atoms with Crippen molar-refractivity contribution in [2.45, 2.75) is 39.0 Å². The lowest BCUT2D eigenvalue weighted by molar-refractivity contribution is -0.124. The number of aryl methyl sites for hydroxylation is 1. The number of benzene rings is 3. The van der Waals surface area contributed by atoms with Crippen molar-refractivity contribution in [1.29, 1.82) is 0 Å². The standard InChI is InChI=1S/C37H40N4O7/c1-23(2)21-46-28-15-26-16-29(18-28)48-27-10-7-8-24(14-27)22-47-33-19-41(13-12-31(33)38-34(42)20-39(3)35(26)43)37(45)30-17-25-9-5-6-11-32(25)40(4)36(30)44/h5-11,14-18,23,31,33H,12-13,19-22H2,1-4H3,(H,38,42)/t31-,33-/m0/s1. The highest BCUT2D eigenvalue weighted by molar-refractivity contribution is 5.98. The Morgan fingerprint density at radius 3 is 2.60 bits per heavy atom. The minimum absolute atomic E-state index is 0.0813. The fourth-order valence-electron chi connectivity index (χ4n) is 6.08. The van der Waals surface area contributed by atoms with Crippen molar-refractivity contribution in [1.82, 2.24) is 19.7 Å². The van der Waals surface area contributed by atoms with E-state index >= 15 is 0 Å². The lowest BCUT2D eigenvalue weighted by Crippen LogP contribution is -2.57. The molecule has 11 nitrogen and oxygen atoms in total.